The summed E-state index contributed by atoms with van der Waals surface area (Å²) in [6, 6.07) is -1.05. The molecule has 3 aliphatic rings. The van der Waals surface area contributed by atoms with Crippen LogP contribution >= 0.6 is 0 Å². The molecule has 1 amide bonds. The summed E-state index contributed by atoms with van der Waals surface area (Å²) in [6.45, 7) is 1.42. The van der Waals surface area contributed by atoms with Crippen LogP contribution in [0.4, 0.5) is 0 Å². The van der Waals surface area contributed by atoms with E-state index >= 15 is 0 Å². The van der Waals surface area contributed by atoms with Crippen molar-refractivity contribution in [1.29, 1.82) is 0 Å². The molecule has 3 saturated heterocycles. The monoisotopic (exact) mass is 1010 g/mol. The summed E-state index contributed by atoms with van der Waals surface area (Å²) in [7, 11) is 0. The number of allylic oxidation sites excluding steroid dienone is 12. The second-order valence-electron chi connectivity index (χ2n) is 17.9. The molecule has 0 aliphatic carbocycles. The van der Waals surface area contributed by atoms with E-state index in [4.69, 9.17) is 28.4 Å². The maximum absolute atomic E-state index is 13.1. The lowest BCUT2D eigenvalue weighted by molar-refractivity contribution is -0.379. The van der Waals surface area contributed by atoms with E-state index in [1.165, 1.54) is 25.7 Å². The molecule has 0 aromatic carbocycles. The van der Waals surface area contributed by atoms with Crippen LogP contribution in [-0.4, -0.2) is 193 Å². The number of aliphatic hydroxyl groups is 11. The second kappa shape index (κ2) is 36.0. The van der Waals surface area contributed by atoms with Crippen LogP contribution in [0.25, 0.3) is 0 Å². The Balaban J connectivity index is 1.61. The molecule has 0 radical (unpaired) electrons. The molecule has 0 spiro atoms. The Morgan fingerprint density at radius 3 is 1.54 bits per heavy atom. The van der Waals surface area contributed by atoms with Crippen LogP contribution < -0.4 is 5.32 Å². The molecule has 0 aromatic heterocycles. The predicted octanol–water partition coefficient (Wildman–Crippen LogP) is 1.69. The van der Waals surface area contributed by atoms with Gasteiger partial charge in [0.05, 0.1) is 38.6 Å². The van der Waals surface area contributed by atoms with Crippen molar-refractivity contribution >= 4 is 5.91 Å². The van der Waals surface area contributed by atoms with Gasteiger partial charge in [0, 0.05) is 6.42 Å². The molecule has 0 aromatic rings. The molecule has 0 bridgehead atoms. The Labute approximate surface area is 419 Å². The molecule has 71 heavy (non-hydrogen) atoms. The number of amides is 1. The Kier molecular flexibility index (Phi) is 31.6. The molecule has 3 rings (SSSR count). The highest BCUT2D eigenvalue weighted by atomic mass is 16.8. The van der Waals surface area contributed by atoms with Gasteiger partial charge in [0.25, 0.3) is 0 Å². The van der Waals surface area contributed by atoms with Crippen molar-refractivity contribution < 1.29 is 89.4 Å². The molecule has 17 atom stereocenters. The van der Waals surface area contributed by atoms with Gasteiger partial charge in [-0.05, 0) is 57.8 Å². The first kappa shape index (κ1) is 62.3. The zero-order valence-corrected chi connectivity index (χ0v) is 41.4. The molecule has 17 unspecified atom stereocenters. The second-order valence-corrected chi connectivity index (χ2v) is 17.9. The minimum Gasteiger partial charge on any atom is -0.394 e. The van der Waals surface area contributed by atoms with E-state index in [1.807, 2.05) is 18.2 Å². The van der Waals surface area contributed by atoms with Crippen LogP contribution in [-0.2, 0) is 33.2 Å². The predicted molar refractivity (Wildman–Crippen MR) is 263 cm³/mol. The smallest absolute Gasteiger partial charge is 0.224 e. The maximum Gasteiger partial charge on any atom is 0.224 e. The zero-order valence-electron chi connectivity index (χ0n) is 41.4. The molecule has 12 N–H and O–H groups in total. The van der Waals surface area contributed by atoms with Gasteiger partial charge in [0.15, 0.2) is 18.9 Å². The van der Waals surface area contributed by atoms with Crippen molar-refractivity contribution in [3.05, 3.63) is 85.1 Å². The average molecular weight is 1010 g/mol. The van der Waals surface area contributed by atoms with Gasteiger partial charge >= 0.3 is 0 Å². The number of ether oxygens (including phenoxy) is 6. The summed E-state index contributed by atoms with van der Waals surface area (Å²) >= 11 is 0. The molecule has 3 heterocycles. The lowest BCUT2D eigenvalue weighted by Gasteiger charge is -2.48. The Bertz CT molecular complexity index is 1630. The van der Waals surface area contributed by atoms with E-state index in [9.17, 15) is 61.0 Å². The average Bonchev–Trinajstić information content (AvgIpc) is 3.36. The summed E-state index contributed by atoms with van der Waals surface area (Å²) in [6.07, 6.45) is 13.4. The topological polar surface area (TPSA) is 307 Å². The fourth-order valence-corrected chi connectivity index (χ4v) is 7.98. The fraction of sp³-hybridized carbons (Fsp3) is 0.712. The van der Waals surface area contributed by atoms with E-state index in [0.717, 1.165) is 44.9 Å². The van der Waals surface area contributed by atoms with Gasteiger partial charge in [0.2, 0.25) is 5.91 Å². The lowest BCUT2D eigenvalue weighted by atomic mass is 9.96. The SMILES string of the molecule is CC/C=C\C/C=C\C/C=C\C/C=C\C/C=C\CC(=O)NC(COC1OC(CO)C(OC2OC(CO)C(OC3OC(CO)C(O)C(O)C3O)C(O)C2O)C(O)C1O)C(O)/C=C/CC/C=C/CCCCCCC. The van der Waals surface area contributed by atoms with Gasteiger partial charge in [-0.3, -0.25) is 4.79 Å². The maximum atomic E-state index is 13.1. The van der Waals surface area contributed by atoms with E-state index in [0.29, 0.717) is 12.8 Å². The fourth-order valence-electron chi connectivity index (χ4n) is 7.98. The van der Waals surface area contributed by atoms with Gasteiger partial charge in [-0.25, -0.2) is 0 Å². The van der Waals surface area contributed by atoms with Crippen LogP contribution in [0.2, 0.25) is 0 Å². The van der Waals surface area contributed by atoms with Gasteiger partial charge in [-0.2, -0.15) is 0 Å². The van der Waals surface area contributed by atoms with Gasteiger partial charge in [0.1, 0.15) is 73.2 Å². The summed E-state index contributed by atoms with van der Waals surface area (Å²) < 4.78 is 34.0. The molecule has 3 fully saturated rings. The van der Waals surface area contributed by atoms with Crippen LogP contribution in [0, 0.1) is 0 Å². The minimum atomic E-state index is -1.99. The summed E-state index contributed by atoms with van der Waals surface area (Å²) in [5, 5.41) is 119. The van der Waals surface area contributed by atoms with E-state index in [2.05, 4.69) is 67.8 Å². The van der Waals surface area contributed by atoms with Crippen LogP contribution in [0.1, 0.15) is 104 Å². The van der Waals surface area contributed by atoms with E-state index in [1.54, 1.807) is 18.2 Å². The first-order valence-electron chi connectivity index (χ1n) is 25.3. The van der Waals surface area contributed by atoms with Gasteiger partial charge in [-0.15, -0.1) is 0 Å². The number of hydrogen-bond donors (Lipinski definition) is 12. The number of hydrogen-bond acceptors (Lipinski definition) is 18. The molecule has 406 valence electrons. The first-order valence-corrected chi connectivity index (χ1v) is 25.3. The summed E-state index contributed by atoms with van der Waals surface area (Å²) in [4.78, 5) is 13.1. The van der Waals surface area contributed by atoms with Crippen molar-refractivity contribution in [3.8, 4) is 0 Å². The number of carbonyl (C=O) groups excluding carboxylic acids is 1. The third-order valence-corrected chi connectivity index (χ3v) is 12.2. The number of unbranched alkanes of at least 4 members (excludes halogenated alkanes) is 6. The van der Waals surface area contributed by atoms with Crippen molar-refractivity contribution in [3.63, 3.8) is 0 Å². The van der Waals surface area contributed by atoms with Crippen molar-refractivity contribution in [2.75, 3.05) is 26.4 Å². The van der Waals surface area contributed by atoms with Crippen molar-refractivity contribution in [1.82, 2.24) is 5.32 Å². The van der Waals surface area contributed by atoms with Crippen LogP contribution in [0.5, 0.6) is 0 Å². The molecule has 19 nitrogen and oxygen atoms in total. The van der Waals surface area contributed by atoms with Crippen molar-refractivity contribution in [2.45, 2.75) is 208 Å². The van der Waals surface area contributed by atoms with Crippen LogP contribution in [0.3, 0.4) is 0 Å². The van der Waals surface area contributed by atoms with E-state index < -0.39 is 137 Å². The molecule has 19 heteroatoms. The normalized spacial score (nSPS) is 33.0. The number of carbonyl (C=O) groups is 1. The number of rotatable bonds is 33. The Morgan fingerprint density at radius 1 is 0.521 bits per heavy atom. The zero-order chi connectivity index (χ0) is 52.0. The quantitative estimate of drug-likeness (QED) is 0.0329. The summed E-state index contributed by atoms with van der Waals surface area (Å²) in [5.41, 5.74) is 0. The number of aliphatic hydroxyl groups excluding tert-OH is 11. The third-order valence-electron chi connectivity index (χ3n) is 12.2. The van der Waals surface area contributed by atoms with E-state index in [-0.39, 0.29) is 6.42 Å². The van der Waals surface area contributed by atoms with Gasteiger partial charge < -0.3 is 89.9 Å². The van der Waals surface area contributed by atoms with Crippen molar-refractivity contribution in [2.24, 2.45) is 0 Å². The molecule has 0 saturated carbocycles. The summed E-state index contributed by atoms with van der Waals surface area (Å²) in [5.74, 6) is -0.420. The highest BCUT2D eigenvalue weighted by molar-refractivity contribution is 5.77. The third kappa shape index (κ3) is 21.8. The highest BCUT2D eigenvalue weighted by Crippen LogP contribution is 2.33. The standard InChI is InChI=1S/C52H85NO18/c1-3-5-7-9-11-13-15-16-17-18-20-22-24-26-28-30-40(58)53-35(36(57)29-27-25-23-21-19-14-12-10-8-6-4-2)34-66-50-46(64)43(61)48(38(32-55)68-50)71-52-47(65)44(62)49(39(33-56)69-52)70-51-45(63)42(60)41(59)37(31-54)67-51/h5,7,11,13,16-17,19-22,26-29,35-39,41-52,54-57,59-65H,3-4,6,8-10,12,14-15,18,23-25,30-34H2,1-2H3,(H,53,58)/b7-5-,13-11-,17-16-,21-19+,22-20-,28-26-,29-27+. The molecule has 3 aliphatic heterocycles. The van der Waals surface area contributed by atoms with Gasteiger partial charge in [-0.1, -0.05) is 125 Å². The number of nitrogens with one attached hydrogen (secondary N) is 1. The first-order chi connectivity index (χ1) is 34.3. The largest absolute Gasteiger partial charge is 0.394 e. The lowest BCUT2D eigenvalue weighted by Crippen LogP contribution is -2.66. The van der Waals surface area contributed by atoms with Crippen LogP contribution in [0.15, 0.2) is 85.1 Å². The Hall–Kier alpha value is -3.03. The minimum absolute atomic E-state index is 0.00187. The Morgan fingerprint density at radius 2 is 0.986 bits per heavy atom. The molecular formula is C52H85NO18. The molecular weight excluding hydrogens is 927 g/mol. The highest BCUT2D eigenvalue weighted by Gasteiger charge is 2.53.